The highest BCUT2D eigenvalue weighted by molar-refractivity contribution is 5.85. The highest BCUT2D eigenvalue weighted by atomic mass is 16.5. The van der Waals surface area contributed by atoms with Crippen LogP contribution in [-0.4, -0.2) is 64.3 Å². The lowest BCUT2D eigenvalue weighted by Gasteiger charge is -2.44. The topological polar surface area (TPSA) is 70.1 Å². The number of hydrogen-bond donors (Lipinski definition) is 1. The zero-order valence-electron chi connectivity index (χ0n) is 12.6. The van der Waals surface area contributed by atoms with E-state index in [-0.39, 0.29) is 12.1 Å². The molecule has 1 fully saturated rings. The first-order valence-corrected chi connectivity index (χ1v) is 6.41. The lowest BCUT2D eigenvalue weighted by atomic mass is 10.0. The Kier molecular flexibility index (Phi) is 4.14. The molecule has 1 unspecified atom stereocenters. The number of carboxylic acid groups (broad SMARTS) is 1. The molecule has 1 rings (SSSR count). The van der Waals surface area contributed by atoms with E-state index in [1.807, 2.05) is 20.8 Å². The van der Waals surface area contributed by atoms with Crippen LogP contribution in [0.15, 0.2) is 0 Å². The summed E-state index contributed by atoms with van der Waals surface area (Å²) in [6.07, 6.45) is -0.0611. The van der Waals surface area contributed by atoms with Crippen LogP contribution in [0.25, 0.3) is 0 Å². The first-order chi connectivity index (χ1) is 8.47. The Morgan fingerprint density at radius 2 is 1.95 bits per heavy atom. The van der Waals surface area contributed by atoms with Crippen LogP contribution in [0.2, 0.25) is 0 Å². The van der Waals surface area contributed by atoms with Gasteiger partial charge in [-0.05, 0) is 34.6 Å². The van der Waals surface area contributed by atoms with E-state index in [4.69, 9.17) is 4.74 Å². The van der Waals surface area contributed by atoms with Crippen LogP contribution in [0.5, 0.6) is 0 Å². The van der Waals surface area contributed by atoms with Gasteiger partial charge in [0, 0.05) is 13.6 Å². The van der Waals surface area contributed by atoms with Crippen LogP contribution >= 0.6 is 0 Å². The molecular formula is C13H24N2O4. The van der Waals surface area contributed by atoms with Gasteiger partial charge in [0.2, 0.25) is 0 Å². The molecule has 1 atom stereocenters. The average Bonchev–Trinajstić information content (AvgIpc) is 2.23. The van der Waals surface area contributed by atoms with Crippen LogP contribution in [0.3, 0.4) is 0 Å². The lowest BCUT2D eigenvalue weighted by molar-refractivity contribution is -0.148. The van der Waals surface area contributed by atoms with Gasteiger partial charge < -0.3 is 19.6 Å². The van der Waals surface area contributed by atoms with Gasteiger partial charge in [0.05, 0.1) is 18.2 Å². The van der Waals surface area contributed by atoms with E-state index in [0.717, 1.165) is 0 Å². The highest BCUT2D eigenvalue weighted by Gasteiger charge is 2.40. The maximum atomic E-state index is 12.4. The van der Waals surface area contributed by atoms with E-state index in [9.17, 15) is 14.7 Å². The number of likely N-dealkylation sites (N-methyl/N-ethyl adjacent to an activating group) is 1. The van der Waals surface area contributed by atoms with Gasteiger partial charge in [0.15, 0.2) is 0 Å². The Bertz CT molecular complexity index is 379. The standard InChI is InChI=1S/C13H24N2O4/c1-9-7-15(8-12(2,3)19-9)11(18)14(6)13(4,5)10(16)17/h9H,7-8H2,1-6H3,(H,16,17). The Morgan fingerprint density at radius 3 is 2.37 bits per heavy atom. The predicted molar refractivity (Wildman–Crippen MR) is 71.1 cm³/mol. The van der Waals surface area contributed by atoms with Crippen molar-refractivity contribution in [1.29, 1.82) is 0 Å². The third-order valence-electron chi connectivity index (χ3n) is 3.49. The van der Waals surface area contributed by atoms with Crippen LogP contribution in [0, 0.1) is 0 Å². The molecule has 6 nitrogen and oxygen atoms in total. The van der Waals surface area contributed by atoms with Crippen molar-refractivity contribution in [1.82, 2.24) is 9.80 Å². The SMILES string of the molecule is CC1CN(C(=O)N(C)C(C)(C)C(=O)O)CC(C)(C)O1. The molecule has 1 N–H and O–H groups in total. The van der Waals surface area contributed by atoms with Gasteiger partial charge >= 0.3 is 12.0 Å². The summed E-state index contributed by atoms with van der Waals surface area (Å²) in [6.45, 7) is 9.71. The summed E-state index contributed by atoms with van der Waals surface area (Å²) in [4.78, 5) is 26.5. The number of ether oxygens (including phenoxy) is 1. The minimum Gasteiger partial charge on any atom is -0.480 e. The summed E-state index contributed by atoms with van der Waals surface area (Å²) in [6, 6.07) is -0.282. The van der Waals surface area contributed by atoms with Gasteiger partial charge in [-0.25, -0.2) is 9.59 Å². The molecule has 1 heterocycles. The number of rotatable bonds is 2. The summed E-state index contributed by atoms with van der Waals surface area (Å²) in [5.74, 6) is -1.02. The van der Waals surface area contributed by atoms with Crippen molar-refractivity contribution in [2.24, 2.45) is 0 Å². The van der Waals surface area contributed by atoms with E-state index in [1.165, 1.54) is 25.8 Å². The minimum atomic E-state index is -1.23. The smallest absolute Gasteiger partial charge is 0.329 e. The van der Waals surface area contributed by atoms with Crippen LogP contribution in [-0.2, 0) is 9.53 Å². The molecule has 0 aromatic rings. The van der Waals surface area contributed by atoms with Crippen molar-refractivity contribution < 1.29 is 19.4 Å². The summed E-state index contributed by atoms with van der Waals surface area (Å²) >= 11 is 0. The van der Waals surface area contributed by atoms with Gasteiger partial charge in [0.25, 0.3) is 0 Å². The molecular weight excluding hydrogens is 248 g/mol. The molecule has 1 aliphatic heterocycles. The van der Waals surface area contributed by atoms with E-state index in [1.54, 1.807) is 4.90 Å². The molecule has 1 aliphatic rings. The number of carbonyl (C=O) groups is 2. The number of carboxylic acids is 1. The van der Waals surface area contributed by atoms with Crippen LogP contribution in [0.1, 0.15) is 34.6 Å². The molecule has 0 aromatic heterocycles. The molecule has 19 heavy (non-hydrogen) atoms. The Morgan fingerprint density at radius 1 is 1.42 bits per heavy atom. The quantitative estimate of drug-likeness (QED) is 0.825. The second-order valence-corrected chi connectivity index (χ2v) is 6.27. The Labute approximate surface area is 114 Å². The molecule has 0 aromatic carbocycles. The van der Waals surface area contributed by atoms with Gasteiger partial charge in [-0.1, -0.05) is 0 Å². The minimum absolute atomic E-state index is 0.0611. The second kappa shape index (κ2) is 5.00. The zero-order chi connectivity index (χ0) is 15.0. The molecule has 6 heteroatoms. The first-order valence-electron chi connectivity index (χ1n) is 6.41. The van der Waals surface area contributed by atoms with Crippen molar-refractivity contribution in [3.63, 3.8) is 0 Å². The fourth-order valence-electron chi connectivity index (χ4n) is 2.19. The molecule has 110 valence electrons. The average molecular weight is 272 g/mol. The molecule has 1 saturated heterocycles. The van der Waals surface area contributed by atoms with Crippen molar-refractivity contribution in [3.8, 4) is 0 Å². The third kappa shape index (κ3) is 3.37. The van der Waals surface area contributed by atoms with Gasteiger partial charge in [-0.2, -0.15) is 0 Å². The fraction of sp³-hybridized carbons (Fsp3) is 0.846. The molecule has 0 radical (unpaired) electrons. The number of aliphatic carboxylic acids is 1. The Balaban J connectivity index is 2.86. The summed E-state index contributed by atoms with van der Waals surface area (Å²) < 4.78 is 5.74. The predicted octanol–water partition coefficient (Wildman–Crippen LogP) is 1.40. The van der Waals surface area contributed by atoms with Crippen molar-refractivity contribution in [3.05, 3.63) is 0 Å². The van der Waals surface area contributed by atoms with Crippen molar-refractivity contribution in [2.45, 2.75) is 51.9 Å². The maximum absolute atomic E-state index is 12.4. The number of urea groups is 1. The number of carbonyl (C=O) groups excluding carboxylic acids is 1. The van der Waals surface area contributed by atoms with E-state index >= 15 is 0 Å². The van der Waals surface area contributed by atoms with Crippen LogP contribution in [0.4, 0.5) is 4.79 Å². The van der Waals surface area contributed by atoms with Crippen molar-refractivity contribution in [2.75, 3.05) is 20.1 Å². The number of amides is 2. The first kappa shape index (κ1) is 15.8. The number of hydrogen-bond acceptors (Lipinski definition) is 3. The molecule has 0 saturated carbocycles. The van der Waals surface area contributed by atoms with Crippen molar-refractivity contribution >= 4 is 12.0 Å². The number of morpholine rings is 1. The fourth-order valence-corrected chi connectivity index (χ4v) is 2.19. The third-order valence-corrected chi connectivity index (χ3v) is 3.49. The summed E-state index contributed by atoms with van der Waals surface area (Å²) in [5.41, 5.74) is -1.65. The monoisotopic (exact) mass is 272 g/mol. The van der Waals surface area contributed by atoms with E-state index < -0.39 is 17.1 Å². The van der Waals surface area contributed by atoms with Gasteiger partial charge in [-0.15, -0.1) is 0 Å². The lowest BCUT2D eigenvalue weighted by Crippen LogP contribution is -2.60. The molecule has 0 aliphatic carbocycles. The van der Waals surface area contributed by atoms with Gasteiger partial charge in [-0.3, -0.25) is 0 Å². The second-order valence-electron chi connectivity index (χ2n) is 6.27. The normalized spacial score (nSPS) is 23.1. The molecule has 2 amide bonds. The molecule has 0 spiro atoms. The summed E-state index contributed by atoms with van der Waals surface area (Å²) in [5, 5.41) is 9.18. The van der Waals surface area contributed by atoms with E-state index in [0.29, 0.717) is 13.1 Å². The van der Waals surface area contributed by atoms with Gasteiger partial charge in [0.1, 0.15) is 5.54 Å². The Hall–Kier alpha value is -1.30. The van der Waals surface area contributed by atoms with Crippen LogP contribution < -0.4 is 0 Å². The molecule has 0 bridgehead atoms. The summed E-state index contributed by atoms with van der Waals surface area (Å²) in [7, 11) is 1.52. The largest absolute Gasteiger partial charge is 0.480 e. The number of nitrogens with zero attached hydrogens (tertiary/aromatic N) is 2. The highest BCUT2D eigenvalue weighted by Crippen LogP contribution is 2.23. The zero-order valence-corrected chi connectivity index (χ0v) is 12.6. The maximum Gasteiger partial charge on any atom is 0.329 e. The van der Waals surface area contributed by atoms with E-state index in [2.05, 4.69) is 0 Å².